The van der Waals surface area contributed by atoms with Crippen LogP contribution in [0, 0.1) is 10.1 Å². The van der Waals surface area contributed by atoms with Crippen LogP contribution in [0.3, 0.4) is 0 Å². The lowest BCUT2D eigenvalue weighted by atomic mass is 10.1. The van der Waals surface area contributed by atoms with Gasteiger partial charge >= 0.3 is 0 Å². The molecule has 0 saturated carbocycles. The molecule has 1 aliphatic rings. The van der Waals surface area contributed by atoms with Gasteiger partial charge in [-0.05, 0) is 12.5 Å². The van der Waals surface area contributed by atoms with Gasteiger partial charge in [0.1, 0.15) is 0 Å². The van der Waals surface area contributed by atoms with Crippen LogP contribution in [-0.2, 0) is 9.57 Å². The van der Waals surface area contributed by atoms with Gasteiger partial charge in [-0.2, -0.15) is 0 Å². The molecule has 0 spiro atoms. The Kier molecular flexibility index (Phi) is 4.11. The van der Waals surface area contributed by atoms with E-state index < -0.39 is 11.3 Å². The maximum Gasteiger partial charge on any atom is 0.296 e. The Hall–Kier alpha value is -1.66. The average Bonchev–Trinajstić information content (AvgIpc) is 2.39. The number of morpholine rings is 1. The highest BCUT2D eigenvalue weighted by molar-refractivity contribution is 5.18. The van der Waals surface area contributed by atoms with E-state index in [2.05, 4.69) is 4.84 Å². The van der Waals surface area contributed by atoms with Crippen molar-refractivity contribution in [2.24, 2.45) is 0 Å². The molecule has 2 atom stereocenters. The molecule has 1 fully saturated rings. The second kappa shape index (κ2) is 5.79. The summed E-state index contributed by atoms with van der Waals surface area (Å²) < 4.78 is 5.68. The third-order valence-electron chi connectivity index (χ3n) is 3.02. The molecule has 0 aliphatic carbocycles. The van der Waals surface area contributed by atoms with Crippen molar-refractivity contribution in [3.05, 3.63) is 46.0 Å². The molecule has 2 rings (SSSR count). The van der Waals surface area contributed by atoms with Crippen molar-refractivity contribution >= 4 is 0 Å². The van der Waals surface area contributed by atoms with Crippen LogP contribution < -0.4 is 0 Å². The van der Waals surface area contributed by atoms with Gasteiger partial charge in [-0.1, -0.05) is 30.3 Å². The molecule has 2 unspecified atom stereocenters. The second-order valence-electron chi connectivity index (χ2n) is 4.19. The summed E-state index contributed by atoms with van der Waals surface area (Å²) in [7, 11) is 0. The van der Waals surface area contributed by atoms with E-state index in [1.807, 2.05) is 35.2 Å². The van der Waals surface area contributed by atoms with E-state index in [-0.39, 0.29) is 6.10 Å². The summed E-state index contributed by atoms with van der Waals surface area (Å²) in [5.74, 6) is 0. The van der Waals surface area contributed by atoms with E-state index in [9.17, 15) is 10.1 Å². The summed E-state index contributed by atoms with van der Waals surface area (Å²) >= 11 is 0. The first kappa shape index (κ1) is 12.8. The molecule has 1 aliphatic heterocycles. The van der Waals surface area contributed by atoms with E-state index in [4.69, 9.17) is 4.74 Å². The summed E-state index contributed by atoms with van der Waals surface area (Å²) in [6, 6.07) is 9.84. The van der Waals surface area contributed by atoms with Crippen LogP contribution in [-0.4, -0.2) is 35.9 Å². The van der Waals surface area contributed by atoms with Gasteiger partial charge in [0, 0.05) is 13.1 Å². The largest absolute Gasteiger partial charge is 0.371 e. The third-order valence-corrected chi connectivity index (χ3v) is 3.02. The highest BCUT2D eigenvalue weighted by atomic mass is 17.0. The molecule has 1 heterocycles. The molecule has 18 heavy (non-hydrogen) atoms. The van der Waals surface area contributed by atoms with Crippen molar-refractivity contribution < 1.29 is 14.7 Å². The first-order chi connectivity index (χ1) is 8.66. The number of ether oxygens (including phenoxy) is 1. The Labute approximate surface area is 105 Å². The summed E-state index contributed by atoms with van der Waals surface area (Å²) in [4.78, 5) is 16.8. The maximum absolute atomic E-state index is 10.3. The Balaban J connectivity index is 1.98. The van der Waals surface area contributed by atoms with E-state index in [0.717, 1.165) is 5.56 Å². The van der Waals surface area contributed by atoms with E-state index in [1.54, 1.807) is 6.92 Å². The number of hydrogen-bond acceptors (Lipinski definition) is 5. The van der Waals surface area contributed by atoms with Crippen molar-refractivity contribution in [3.63, 3.8) is 0 Å². The predicted octanol–water partition coefficient (Wildman–Crippen LogP) is 1.61. The van der Waals surface area contributed by atoms with Crippen molar-refractivity contribution in [2.45, 2.75) is 19.3 Å². The van der Waals surface area contributed by atoms with Crippen LogP contribution in [0.5, 0.6) is 0 Å². The van der Waals surface area contributed by atoms with Crippen molar-refractivity contribution in [3.8, 4) is 0 Å². The van der Waals surface area contributed by atoms with Gasteiger partial charge in [-0.3, -0.25) is 9.74 Å². The Morgan fingerprint density at radius 2 is 2.22 bits per heavy atom. The minimum absolute atomic E-state index is 0.0576. The number of hydrogen-bond donors (Lipinski definition) is 0. The zero-order valence-electron chi connectivity index (χ0n) is 10.2. The zero-order valence-corrected chi connectivity index (χ0v) is 10.2. The van der Waals surface area contributed by atoms with Gasteiger partial charge in [0.2, 0.25) is 0 Å². The first-order valence-corrected chi connectivity index (χ1v) is 5.88. The number of rotatable bonds is 4. The smallest absolute Gasteiger partial charge is 0.296 e. The quantitative estimate of drug-likeness (QED) is 0.601. The lowest BCUT2D eigenvalue weighted by molar-refractivity contribution is -0.773. The van der Waals surface area contributed by atoms with Crippen molar-refractivity contribution in [2.75, 3.05) is 19.7 Å². The molecule has 0 N–H and O–H groups in total. The van der Waals surface area contributed by atoms with Crippen molar-refractivity contribution in [1.82, 2.24) is 4.90 Å². The van der Waals surface area contributed by atoms with E-state index >= 15 is 0 Å². The second-order valence-corrected chi connectivity index (χ2v) is 4.19. The molecule has 0 radical (unpaired) electrons. The summed E-state index contributed by atoms with van der Waals surface area (Å²) in [5, 5.41) is 9.58. The van der Waals surface area contributed by atoms with Crippen LogP contribution in [0.25, 0.3) is 0 Å². The van der Waals surface area contributed by atoms with E-state index in [0.29, 0.717) is 19.7 Å². The Morgan fingerprint density at radius 1 is 1.50 bits per heavy atom. The molecule has 1 aromatic carbocycles. The van der Waals surface area contributed by atoms with Gasteiger partial charge in [0.15, 0.2) is 6.23 Å². The monoisotopic (exact) mass is 252 g/mol. The summed E-state index contributed by atoms with van der Waals surface area (Å²) in [6.45, 7) is 3.46. The minimum Gasteiger partial charge on any atom is -0.371 e. The Bertz CT molecular complexity index is 398. The molecule has 1 aromatic rings. The lowest BCUT2D eigenvalue weighted by Gasteiger charge is -2.35. The fourth-order valence-electron chi connectivity index (χ4n) is 2.06. The number of benzene rings is 1. The highest BCUT2D eigenvalue weighted by Gasteiger charge is 2.26. The number of nitrogens with zero attached hydrogens (tertiary/aromatic N) is 2. The van der Waals surface area contributed by atoms with E-state index in [1.165, 1.54) is 0 Å². The van der Waals surface area contributed by atoms with Crippen molar-refractivity contribution in [1.29, 1.82) is 0 Å². The van der Waals surface area contributed by atoms with Crippen LogP contribution >= 0.6 is 0 Å². The maximum atomic E-state index is 10.3. The highest BCUT2D eigenvalue weighted by Crippen LogP contribution is 2.23. The Morgan fingerprint density at radius 3 is 2.89 bits per heavy atom. The van der Waals surface area contributed by atoms with Gasteiger partial charge in [0.05, 0.1) is 12.7 Å². The summed E-state index contributed by atoms with van der Waals surface area (Å²) in [6.07, 6.45) is -0.604. The molecule has 1 saturated heterocycles. The zero-order chi connectivity index (χ0) is 13.0. The first-order valence-electron chi connectivity index (χ1n) is 5.88. The third kappa shape index (κ3) is 3.18. The molecule has 6 heteroatoms. The summed E-state index contributed by atoms with van der Waals surface area (Å²) in [5.41, 5.74) is 1.08. The molecule has 0 bridgehead atoms. The van der Waals surface area contributed by atoms with Gasteiger partial charge in [-0.15, -0.1) is 10.1 Å². The van der Waals surface area contributed by atoms with Gasteiger partial charge < -0.3 is 4.74 Å². The average molecular weight is 252 g/mol. The standard InChI is InChI=1S/C12H16N2O4/c1-10(18-14(15)16)13-7-8-17-12(9-13)11-5-3-2-4-6-11/h2-6,10,12H,7-9H2,1H3. The van der Waals surface area contributed by atoms with Gasteiger partial charge in [0.25, 0.3) is 5.09 Å². The normalized spacial score (nSPS) is 22.4. The SMILES string of the molecule is CC(O[N+](=O)[O-])N1CCOC(c2ccccc2)C1. The molecular formula is C12H16N2O4. The minimum atomic E-state index is -0.752. The fourth-order valence-corrected chi connectivity index (χ4v) is 2.06. The van der Waals surface area contributed by atoms with Crippen LogP contribution in [0.1, 0.15) is 18.6 Å². The van der Waals surface area contributed by atoms with Crippen LogP contribution in [0.4, 0.5) is 0 Å². The molecule has 0 aromatic heterocycles. The van der Waals surface area contributed by atoms with Crippen LogP contribution in [0.2, 0.25) is 0 Å². The molecule has 0 amide bonds. The lowest BCUT2D eigenvalue weighted by Crippen LogP contribution is -2.45. The topological polar surface area (TPSA) is 64.8 Å². The molecule has 6 nitrogen and oxygen atoms in total. The predicted molar refractivity (Wildman–Crippen MR) is 64.2 cm³/mol. The molecule has 98 valence electrons. The fraction of sp³-hybridized carbons (Fsp3) is 0.500. The molecular weight excluding hydrogens is 236 g/mol. The van der Waals surface area contributed by atoms with Gasteiger partial charge in [-0.25, -0.2) is 0 Å². The van der Waals surface area contributed by atoms with Crippen LogP contribution in [0.15, 0.2) is 30.3 Å².